The molecular formula is C6H4Cl2FeN2S2-2. The molecule has 0 fully saturated rings. The van der Waals surface area contributed by atoms with E-state index in [1.54, 1.807) is 12.1 Å². The van der Waals surface area contributed by atoms with Gasteiger partial charge in [0.1, 0.15) is 0 Å². The third-order valence-corrected chi connectivity index (χ3v) is 1.55. The van der Waals surface area contributed by atoms with Crippen molar-refractivity contribution in [3.63, 3.8) is 0 Å². The molecule has 0 amide bonds. The number of aromatic nitrogens is 2. The largest absolute Gasteiger partial charge is 0.325 e. The van der Waals surface area contributed by atoms with Crippen LogP contribution in [-0.4, -0.2) is 8.75 Å². The molecule has 2 heterocycles. The van der Waals surface area contributed by atoms with Crippen molar-refractivity contribution in [2.75, 3.05) is 0 Å². The smallest absolute Gasteiger partial charge is 0.133 e. The van der Waals surface area contributed by atoms with Crippen LogP contribution in [0.25, 0.3) is 0 Å². The van der Waals surface area contributed by atoms with E-state index >= 15 is 0 Å². The Hall–Kier alpha value is 0.359. The zero-order valence-electron chi connectivity index (χ0n) is 6.13. The van der Waals surface area contributed by atoms with Crippen LogP contribution in [0.3, 0.4) is 0 Å². The molecule has 0 saturated heterocycles. The molecule has 0 atom stereocenters. The van der Waals surface area contributed by atoms with Crippen LogP contribution in [0.2, 0.25) is 0 Å². The van der Waals surface area contributed by atoms with Gasteiger partial charge in [-0.05, 0) is 0 Å². The Morgan fingerprint density at radius 1 is 1.00 bits per heavy atom. The molecule has 13 heavy (non-hydrogen) atoms. The molecule has 2 nitrogen and oxygen atoms in total. The molecule has 7 heteroatoms. The minimum atomic E-state index is 0.194. The second kappa shape index (κ2) is 12.4. The monoisotopic (exact) mass is 294 g/mol. The Balaban J connectivity index is 0.000000174. The van der Waals surface area contributed by atoms with Crippen LogP contribution in [0.4, 0.5) is 0 Å². The first-order valence-corrected chi connectivity index (χ1v) is 7.51. The number of hydrogen-bond donors (Lipinski definition) is 0. The van der Waals surface area contributed by atoms with E-state index in [0.29, 0.717) is 0 Å². The maximum absolute atomic E-state index is 4.76. The first-order valence-electron chi connectivity index (χ1n) is 2.80. The third kappa shape index (κ3) is 12.4. The van der Waals surface area contributed by atoms with E-state index < -0.39 is 0 Å². The zero-order valence-corrected chi connectivity index (χ0v) is 10.4. The van der Waals surface area contributed by atoms with Crippen LogP contribution < -0.4 is 0 Å². The summed E-state index contributed by atoms with van der Waals surface area (Å²) in [7, 11) is 9.53. The van der Waals surface area contributed by atoms with E-state index in [0.717, 1.165) is 0 Å². The topological polar surface area (TPSA) is 25.8 Å². The summed E-state index contributed by atoms with van der Waals surface area (Å²) in [6.45, 7) is 0. The Labute approximate surface area is 99.8 Å². The molecule has 2 aromatic rings. The van der Waals surface area contributed by atoms with Crippen LogP contribution in [0.15, 0.2) is 22.9 Å². The summed E-state index contributed by atoms with van der Waals surface area (Å²) < 4.78 is 7.28. The van der Waals surface area contributed by atoms with Gasteiger partial charge in [0.2, 0.25) is 0 Å². The molecule has 0 aliphatic heterocycles. The summed E-state index contributed by atoms with van der Waals surface area (Å²) in [5.41, 5.74) is 0. The summed E-state index contributed by atoms with van der Waals surface area (Å²) in [5, 5.41) is 3.75. The molecule has 2 aromatic heterocycles. The maximum atomic E-state index is 4.76. The average molecular weight is 295 g/mol. The van der Waals surface area contributed by atoms with Crippen LogP contribution in [-0.2, 0) is 13.1 Å². The van der Waals surface area contributed by atoms with Gasteiger partial charge < -0.3 is 8.75 Å². The third-order valence-electron chi connectivity index (χ3n) is 0.618. The van der Waals surface area contributed by atoms with Gasteiger partial charge in [-0.2, -0.15) is 23.1 Å². The minimum Gasteiger partial charge on any atom is -0.325 e. The van der Waals surface area contributed by atoms with Crippen molar-refractivity contribution in [3.05, 3.63) is 35.3 Å². The maximum Gasteiger partial charge on any atom is -0.133 e. The Morgan fingerprint density at radius 2 is 1.38 bits per heavy atom. The Kier molecular flexibility index (Phi) is 12.7. The fourth-order valence-electron chi connectivity index (χ4n) is 0.304. The van der Waals surface area contributed by atoms with Gasteiger partial charge in [-0.3, -0.25) is 0 Å². The summed E-state index contributed by atoms with van der Waals surface area (Å²) >= 11 is 3.01. The minimum absolute atomic E-state index is 0.194. The van der Waals surface area contributed by atoms with Crippen molar-refractivity contribution in [3.8, 4) is 0 Å². The Bertz CT molecular complexity index is 178. The molecule has 0 aliphatic carbocycles. The summed E-state index contributed by atoms with van der Waals surface area (Å²) in [6, 6.07) is 3.56. The van der Waals surface area contributed by atoms with E-state index in [1.165, 1.54) is 23.1 Å². The van der Waals surface area contributed by atoms with Crippen molar-refractivity contribution in [2.45, 2.75) is 0 Å². The standard InChI is InChI=1S/2C3H2NS.2ClH.Fe/c2*1-2-4-5-3-1;;;/h2*1,3H;2*1H;/q2*-1;;;+2/p-2. The molecule has 0 spiro atoms. The van der Waals surface area contributed by atoms with Gasteiger partial charge >= 0.3 is 33.3 Å². The molecule has 0 saturated carbocycles. The molecule has 74 valence electrons. The van der Waals surface area contributed by atoms with Crippen molar-refractivity contribution < 1.29 is 13.1 Å². The number of nitrogens with zero attached hydrogens (tertiary/aromatic N) is 2. The fraction of sp³-hybridized carbons (Fsp3) is 0. The van der Waals surface area contributed by atoms with Crippen molar-refractivity contribution in [2.24, 2.45) is 0 Å². The van der Waals surface area contributed by atoms with Crippen LogP contribution in [0.5, 0.6) is 0 Å². The van der Waals surface area contributed by atoms with E-state index in [-0.39, 0.29) is 13.1 Å². The molecule has 0 aliphatic rings. The first kappa shape index (κ1) is 13.4. The van der Waals surface area contributed by atoms with E-state index in [1.807, 2.05) is 10.8 Å². The predicted molar refractivity (Wildman–Crippen MR) is 53.6 cm³/mol. The van der Waals surface area contributed by atoms with Gasteiger partial charge in [0.05, 0.1) is 0 Å². The Morgan fingerprint density at radius 3 is 1.46 bits per heavy atom. The van der Waals surface area contributed by atoms with E-state index in [2.05, 4.69) is 21.1 Å². The molecule has 0 radical (unpaired) electrons. The molecule has 0 aromatic carbocycles. The second-order valence-corrected chi connectivity index (χ2v) is 4.46. The van der Waals surface area contributed by atoms with Gasteiger partial charge in [-0.15, -0.1) is 23.2 Å². The number of hydrogen-bond acceptors (Lipinski definition) is 4. The van der Waals surface area contributed by atoms with Crippen LogP contribution >= 0.6 is 43.3 Å². The first-order chi connectivity index (χ1) is 6.41. The predicted octanol–water partition coefficient (Wildman–Crippen LogP) is 3.26. The average Bonchev–Trinajstić information content (AvgIpc) is 2.85. The van der Waals surface area contributed by atoms with Gasteiger partial charge in [0, 0.05) is 0 Å². The summed E-state index contributed by atoms with van der Waals surface area (Å²) in [4.78, 5) is 0. The van der Waals surface area contributed by atoms with Crippen LogP contribution in [0.1, 0.15) is 0 Å². The van der Waals surface area contributed by atoms with Crippen LogP contribution in [0, 0.1) is 12.4 Å². The van der Waals surface area contributed by atoms with E-state index in [9.17, 15) is 0 Å². The molecular weight excluding hydrogens is 291 g/mol. The molecule has 0 unspecified atom stereocenters. The molecule has 0 N–H and O–H groups in total. The fourth-order valence-corrected chi connectivity index (χ4v) is 0.913. The van der Waals surface area contributed by atoms with Gasteiger partial charge in [0.15, 0.2) is 0 Å². The SMILES string of the molecule is [Cl][Fe][Cl].[c-]1ccsn1.[c-]1ccsn1. The second-order valence-electron chi connectivity index (χ2n) is 1.31. The normalized spacial score (nSPS) is 7.85. The van der Waals surface area contributed by atoms with Crippen molar-refractivity contribution in [1.82, 2.24) is 8.75 Å². The number of rotatable bonds is 0. The van der Waals surface area contributed by atoms with Gasteiger partial charge in [-0.25, -0.2) is 12.1 Å². The van der Waals surface area contributed by atoms with Crippen molar-refractivity contribution >= 4 is 43.3 Å². The summed E-state index contributed by atoms with van der Waals surface area (Å²) in [6.07, 6.45) is 5.26. The van der Waals surface area contributed by atoms with E-state index in [4.69, 9.17) is 20.2 Å². The zero-order chi connectivity index (χ0) is 9.78. The molecule has 2 rings (SSSR count). The van der Waals surface area contributed by atoms with Gasteiger partial charge in [0.25, 0.3) is 0 Å². The summed E-state index contributed by atoms with van der Waals surface area (Å²) in [5.74, 6) is 0. The van der Waals surface area contributed by atoms with Gasteiger partial charge in [-0.1, -0.05) is 0 Å². The van der Waals surface area contributed by atoms with Crippen molar-refractivity contribution in [1.29, 1.82) is 0 Å². The number of halogens is 2. The molecule has 0 bridgehead atoms. The quantitative estimate of drug-likeness (QED) is 0.550.